The van der Waals surface area contributed by atoms with E-state index in [0.717, 1.165) is 26.1 Å². The van der Waals surface area contributed by atoms with Gasteiger partial charge in [-0.25, -0.2) is 0 Å². The summed E-state index contributed by atoms with van der Waals surface area (Å²) in [6, 6.07) is 4.13. The first-order valence-corrected chi connectivity index (χ1v) is 6.68. The fraction of sp³-hybridized carbons (Fsp3) is 0.643. The Morgan fingerprint density at radius 3 is 2.72 bits per heavy atom. The molecule has 2 heterocycles. The molecule has 100 valence electrons. The van der Waals surface area contributed by atoms with Crippen molar-refractivity contribution >= 4 is 0 Å². The highest BCUT2D eigenvalue weighted by molar-refractivity contribution is 5.11. The Balaban J connectivity index is 2.17. The first-order chi connectivity index (χ1) is 8.73. The minimum absolute atomic E-state index is 0.0159. The molecule has 0 spiro atoms. The molecule has 18 heavy (non-hydrogen) atoms. The van der Waals surface area contributed by atoms with Gasteiger partial charge in [-0.3, -0.25) is 9.88 Å². The fourth-order valence-electron chi connectivity index (χ4n) is 2.88. The smallest absolute Gasteiger partial charge is 0.0743 e. The molecule has 2 rings (SSSR count). The third-order valence-corrected chi connectivity index (χ3v) is 4.15. The molecule has 2 atom stereocenters. The van der Waals surface area contributed by atoms with E-state index in [1.165, 1.54) is 5.56 Å². The van der Waals surface area contributed by atoms with Crippen LogP contribution in [0.2, 0.25) is 0 Å². The molecule has 4 heteroatoms. The molecule has 0 radical (unpaired) electrons. The second kappa shape index (κ2) is 5.78. The topological polar surface area (TPSA) is 51.4 Å². The zero-order valence-corrected chi connectivity index (χ0v) is 11.3. The van der Waals surface area contributed by atoms with Crippen LogP contribution in [0.15, 0.2) is 24.5 Å². The summed E-state index contributed by atoms with van der Waals surface area (Å²) >= 11 is 0. The van der Waals surface area contributed by atoms with Gasteiger partial charge in [-0.15, -0.1) is 0 Å². The van der Waals surface area contributed by atoms with Crippen molar-refractivity contribution in [1.29, 1.82) is 0 Å². The molecular weight excluding hydrogens is 226 g/mol. The highest BCUT2D eigenvalue weighted by atomic mass is 16.5. The van der Waals surface area contributed by atoms with E-state index in [4.69, 9.17) is 10.5 Å². The van der Waals surface area contributed by atoms with Crippen LogP contribution in [0.25, 0.3) is 0 Å². The molecule has 0 aliphatic carbocycles. The Bertz CT molecular complexity index is 371. The van der Waals surface area contributed by atoms with E-state index in [-0.39, 0.29) is 11.6 Å². The van der Waals surface area contributed by atoms with E-state index >= 15 is 0 Å². The van der Waals surface area contributed by atoms with Crippen molar-refractivity contribution in [3.8, 4) is 0 Å². The molecule has 1 fully saturated rings. The molecule has 2 unspecified atom stereocenters. The molecule has 0 aromatic carbocycles. The molecule has 1 aromatic rings. The number of pyridine rings is 1. The number of aromatic nitrogens is 1. The van der Waals surface area contributed by atoms with Crippen molar-refractivity contribution in [2.75, 3.05) is 19.7 Å². The predicted octanol–water partition coefficient (Wildman–Crippen LogP) is 1.41. The lowest BCUT2D eigenvalue weighted by molar-refractivity contribution is 0.0124. The molecule has 1 saturated heterocycles. The molecule has 1 aromatic heterocycles. The number of nitrogens with zero attached hydrogens (tertiary/aromatic N) is 2. The van der Waals surface area contributed by atoms with Crippen LogP contribution in [-0.4, -0.2) is 41.2 Å². The van der Waals surface area contributed by atoms with Gasteiger partial charge >= 0.3 is 0 Å². The molecule has 0 saturated carbocycles. The quantitative estimate of drug-likeness (QED) is 0.857. The van der Waals surface area contributed by atoms with Crippen molar-refractivity contribution in [2.45, 2.75) is 38.5 Å². The maximum absolute atomic E-state index is 6.06. The normalized spacial score (nSPS) is 27.9. The van der Waals surface area contributed by atoms with Crippen molar-refractivity contribution < 1.29 is 4.74 Å². The highest BCUT2D eigenvalue weighted by Gasteiger charge is 2.44. The van der Waals surface area contributed by atoms with Crippen molar-refractivity contribution in [1.82, 2.24) is 9.88 Å². The summed E-state index contributed by atoms with van der Waals surface area (Å²) in [4.78, 5) is 6.50. The lowest BCUT2D eigenvalue weighted by Crippen LogP contribution is -2.57. The largest absolute Gasteiger partial charge is 0.376 e. The second-order valence-electron chi connectivity index (χ2n) is 4.94. The lowest BCUT2D eigenvalue weighted by Gasteiger charge is -2.42. The summed E-state index contributed by atoms with van der Waals surface area (Å²) in [7, 11) is 0. The van der Waals surface area contributed by atoms with E-state index in [1.807, 2.05) is 12.4 Å². The van der Waals surface area contributed by atoms with Crippen LogP contribution < -0.4 is 5.73 Å². The average molecular weight is 249 g/mol. The van der Waals surface area contributed by atoms with Gasteiger partial charge in [0.25, 0.3) is 0 Å². The second-order valence-corrected chi connectivity index (χ2v) is 4.94. The zero-order valence-electron chi connectivity index (χ0n) is 11.3. The van der Waals surface area contributed by atoms with Gasteiger partial charge < -0.3 is 10.5 Å². The SMILES string of the molecule is CCN(Cc1ccncc1)C1(CN)CCOC1C. The van der Waals surface area contributed by atoms with Crippen molar-refractivity contribution in [2.24, 2.45) is 5.73 Å². The fourth-order valence-corrected chi connectivity index (χ4v) is 2.88. The third kappa shape index (κ3) is 2.41. The highest BCUT2D eigenvalue weighted by Crippen LogP contribution is 2.32. The van der Waals surface area contributed by atoms with Crippen LogP contribution in [0.3, 0.4) is 0 Å². The van der Waals surface area contributed by atoms with Crippen LogP contribution in [0.5, 0.6) is 0 Å². The summed E-state index contributed by atoms with van der Waals surface area (Å²) in [5.74, 6) is 0. The van der Waals surface area contributed by atoms with Crippen LogP contribution in [0.4, 0.5) is 0 Å². The Hall–Kier alpha value is -0.970. The van der Waals surface area contributed by atoms with E-state index in [1.54, 1.807) is 0 Å². The minimum atomic E-state index is -0.0159. The van der Waals surface area contributed by atoms with Gasteiger partial charge in [0.05, 0.1) is 11.6 Å². The Morgan fingerprint density at radius 1 is 1.50 bits per heavy atom. The Labute approximate surface area is 109 Å². The van der Waals surface area contributed by atoms with Crippen molar-refractivity contribution in [3.63, 3.8) is 0 Å². The summed E-state index contributed by atoms with van der Waals surface area (Å²) in [6.07, 6.45) is 4.90. The maximum atomic E-state index is 6.06. The van der Waals surface area contributed by atoms with Gasteiger partial charge in [-0.1, -0.05) is 6.92 Å². The van der Waals surface area contributed by atoms with Crippen LogP contribution in [0, 0.1) is 0 Å². The molecule has 1 aliphatic heterocycles. The van der Waals surface area contributed by atoms with Gasteiger partial charge in [0.1, 0.15) is 0 Å². The molecule has 1 aliphatic rings. The van der Waals surface area contributed by atoms with Crippen LogP contribution in [0.1, 0.15) is 25.8 Å². The number of likely N-dealkylation sites (N-methyl/N-ethyl adjacent to an activating group) is 1. The van der Waals surface area contributed by atoms with Crippen LogP contribution >= 0.6 is 0 Å². The number of nitrogens with two attached hydrogens (primary N) is 1. The predicted molar refractivity (Wildman–Crippen MR) is 72.1 cm³/mol. The summed E-state index contributed by atoms with van der Waals surface area (Å²) in [5, 5.41) is 0. The van der Waals surface area contributed by atoms with Gasteiger partial charge in [0.2, 0.25) is 0 Å². The van der Waals surface area contributed by atoms with Crippen LogP contribution in [-0.2, 0) is 11.3 Å². The molecule has 0 bridgehead atoms. The summed E-state index contributed by atoms with van der Waals surface area (Å²) in [5.41, 5.74) is 7.32. The molecule has 4 nitrogen and oxygen atoms in total. The van der Waals surface area contributed by atoms with Gasteiger partial charge in [-0.05, 0) is 37.6 Å². The van der Waals surface area contributed by atoms with E-state index in [2.05, 4.69) is 35.9 Å². The van der Waals surface area contributed by atoms with Gasteiger partial charge in [0.15, 0.2) is 0 Å². The average Bonchev–Trinajstić information content (AvgIpc) is 2.79. The van der Waals surface area contributed by atoms with E-state index in [9.17, 15) is 0 Å². The molecular formula is C14H23N3O. The van der Waals surface area contributed by atoms with Crippen molar-refractivity contribution in [3.05, 3.63) is 30.1 Å². The van der Waals surface area contributed by atoms with E-state index in [0.29, 0.717) is 6.54 Å². The Morgan fingerprint density at radius 2 is 2.22 bits per heavy atom. The van der Waals surface area contributed by atoms with Gasteiger partial charge in [-0.2, -0.15) is 0 Å². The first-order valence-electron chi connectivity index (χ1n) is 6.68. The number of hydrogen-bond donors (Lipinski definition) is 1. The maximum Gasteiger partial charge on any atom is 0.0743 e. The number of hydrogen-bond acceptors (Lipinski definition) is 4. The monoisotopic (exact) mass is 249 g/mol. The van der Waals surface area contributed by atoms with E-state index < -0.39 is 0 Å². The Kier molecular flexibility index (Phi) is 4.32. The minimum Gasteiger partial charge on any atom is -0.376 e. The number of rotatable bonds is 5. The van der Waals surface area contributed by atoms with Gasteiger partial charge in [0, 0.05) is 32.1 Å². The number of ether oxygens (including phenoxy) is 1. The summed E-state index contributed by atoms with van der Waals surface area (Å²) in [6.45, 7) is 7.66. The summed E-state index contributed by atoms with van der Waals surface area (Å²) < 4.78 is 5.75. The standard InChI is InChI=1S/C14H23N3O/c1-3-17(10-13-4-7-16-8-5-13)14(11-15)6-9-18-12(14)2/h4-5,7-8,12H,3,6,9-11,15H2,1-2H3. The zero-order chi connectivity index (χ0) is 13.0. The molecule has 0 amide bonds. The third-order valence-electron chi connectivity index (χ3n) is 4.15. The molecule has 2 N–H and O–H groups in total. The lowest BCUT2D eigenvalue weighted by atomic mass is 9.89. The first kappa shape index (κ1) is 13.5.